The SMILES string of the molecule is CN(C)S(=O)(=O)c1ccc(S(=O)(=O)CI2C=C(C3CCC(C(C)(F)F)CC3)c3ncccc32)cc1. The van der Waals surface area contributed by atoms with Gasteiger partial charge in [-0.3, -0.25) is 0 Å². The molecule has 1 aliphatic heterocycles. The monoisotopic (exact) mass is 638 g/mol. The van der Waals surface area contributed by atoms with Gasteiger partial charge >= 0.3 is 214 Å². The van der Waals surface area contributed by atoms with Crippen LogP contribution in [0, 0.1) is 15.4 Å². The van der Waals surface area contributed by atoms with Crippen molar-refractivity contribution in [2.24, 2.45) is 11.8 Å². The summed E-state index contributed by atoms with van der Waals surface area (Å²) in [6.07, 6.45) is 3.88. The number of sulfonamides is 1. The average molecular weight is 639 g/mol. The van der Waals surface area contributed by atoms with E-state index in [9.17, 15) is 25.6 Å². The topological polar surface area (TPSA) is 84.4 Å². The van der Waals surface area contributed by atoms with E-state index in [1.807, 2.05) is 12.1 Å². The molecular formula is C24H29F2IN2O4S2. The molecule has 0 amide bonds. The third-order valence-electron chi connectivity index (χ3n) is 6.65. The van der Waals surface area contributed by atoms with E-state index in [2.05, 4.69) is 9.07 Å². The molecule has 35 heavy (non-hydrogen) atoms. The van der Waals surface area contributed by atoms with Crippen LogP contribution in [0.25, 0.3) is 5.57 Å². The van der Waals surface area contributed by atoms with Crippen LogP contribution in [0.15, 0.2) is 56.5 Å². The predicted octanol–water partition coefficient (Wildman–Crippen LogP) is 5.26. The van der Waals surface area contributed by atoms with E-state index in [0.717, 1.165) is 26.1 Å². The second kappa shape index (κ2) is 9.79. The predicted molar refractivity (Wildman–Crippen MR) is 140 cm³/mol. The number of nitrogens with zero attached hydrogens (tertiary/aromatic N) is 2. The van der Waals surface area contributed by atoms with Crippen LogP contribution >= 0.6 is 19.8 Å². The molecule has 11 heteroatoms. The average Bonchev–Trinajstić information content (AvgIpc) is 3.16. The summed E-state index contributed by atoms with van der Waals surface area (Å²) in [7, 11) is -4.48. The molecule has 1 aromatic carbocycles. The van der Waals surface area contributed by atoms with E-state index in [1.54, 1.807) is 6.20 Å². The molecule has 1 fully saturated rings. The summed E-state index contributed by atoms with van der Waals surface area (Å²) in [5, 5.41) is 0. The van der Waals surface area contributed by atoms with Gasteiger partial charge in [-0.25, -0.2) is 0 Å². The molecule has 192 valence electrons. The Hall–Kier alpha value is -1.44. The molecule has 0 atom stereocenters. The first kappa shape index (κ1) is 26.6. The van der Waals surface area contributed by atoms with E-state index in [-0.39, 0.29) is 19.5 Å². The number of benzene rings is 1. The van der Waals surface area contributed by atoms with Crippen LogP contribution in [0.4, 0.5) is 8.78 Å². The summed E-state index contributed by atoms with van der Waals surface area (Å²) < 4.78 is 82.8. The maximum absolute atomic E-state index is 13.8. The molecule has 0 saturated heterocycles. The third kappa shape index (κ3) is 5.47. The second-order valence-electron chi connectivity index (χ2n) is 9.28. The Labute approximate surface area is 213 Å². The van der Waals surface area contributed by atoms with Crippen molar-refractivity contribution in [2.75, 3.05) is 17.9 Å². The van der Waals surface area contributed by atoms with Crippen molar-refractivity contribution in [3.8, 4) is 0 Å². The first-order valence-electron chi connectivity index (χ1n) is 11.3. The number of pyridine rings is 1. The van der Waals surface area contributed by atoms with Gasteiger partial charge in [0.25, 0.3) is 0 Å². The molecule has 6 nitrogen and oxygen atoms in total. The Morgan fingerprint density at radius 2 is 1.60 bits per heavy atom. The minimum atomic E-state index is -3.66. The van der Waals surface area contributed by atoms with Crippen LogP contribution in [0.1, 0.15) is 38.3 Å². The quantitative estimate of drug-likeness (QED) is 0.306. The summed E-state index contributed by atoms with van der Waals surface area (Å²) >= 11 is -2.32. The van der Waals surface area contributed by atoms with E-state index in [1.165, 1.54) is 38.4 Å². The van der Waals surface area contributed by atoms with Crippen LogP contribution in [-0.4, -0.2) is 49.9 Å². The van der Waals surface area contributed by atoms with Crippen molar-refractivity contribution in [3.05, 3.63) is 55.9 Å². The van der Waals surface area contributed by atoms with Gasteiger partial charge in [0.2, 0.25) is 0 Å². The van der Waals surface area contributed by atoms with E-state index in [4.69, 9.17) is 0 Å². The number of rotatable bonds is 7. The van der Waals surface area contributed by atoms with Gasteiger partial charge in [0.15, 0.2) is 0 Å². The van der Waals surface area contributed by atoms with E-state index in [0.29, 0.717) is 25.7 Å². The molecule has 1 aliphatic carbocycles. The summed E-state index contributed by atoms with van der Waals surface area (Å²) in [5.74, 6) is -3.18. The first-order valence-corrected chi connectivity index (χ1v) is 18.2. The summed E-state index contributed by atoms with van der Waals surface area (Å²) in [5.41, 5.74) is 1.85. The van der Waals surface area contributed by atoms with Crippen LogP contribution in [-0.2, 0) is 19.9 Å². The number of halogens is 3. The number of alkyl halides is 3. The number of fused-ring (bicyclic) bond motifs is 1. The van der Waals surface area contributed by atoms with Gasteiger partial charge < -0.3 is 0 Å². The summed E-state index contributed by atoms with van der Waals surface area (Å²) in [6.45, 7) is 0.987. The van der Waals surface area contributed by atoms with Gasteiger partial charge in [0.1, 0.15) is 0 Å². The molecule has 4 rings (SSSR count). The molecule has 0 bridgehead atoms. The second-order valence-corrected chi connectivity index (χ2v) is 19.3. The zero-order valence-corrected chi connectivity index (χ0v) is 23.6. The third-order valence-corrected chi connectivity index (χ3v) is 18.3. The first-order chi connectivity index (χ1) is 16.3. The molecule has 0 unspecified atom stereocenters. The number of hydrogen-bond acceptors (Lipinski definition) is 5. The van der Waals surface area contributed by atoms with Crippen molar-refractivity contribution in [2.45, 2.75) is 48.3 Å². The molecule has 0 spiro atoms. The molecular weight excluding hydrogens is 609 g/mol. The maximum atomic E-state index is 13.8. The molecule has 2 aliphatic rings. The zero-order valence-electron chi connectivity index (χ0n) is 19.8. The normalized spacial score (nSPS) is 22.2. The van der Waals surface area contributed by atoms with Gasteiger partial charge in [-0.05, 0) is 0 Å². The molecule has 1 aromatic heterocycles. The molecule has 1 saturated carbocycles. The fourth-order valence-electron chi connectivity index (χ4n) is 4.58. The molecule has 0 radical (unpaired) electrons. The zero-order chi connectivity index (χ0) is 25.6. The van der Waals surface area contributed by atoms with Crippen LogP contribution in [0.2, 0.25) is 0 Å². The van der Waals surface area contributed by atoms with Crippen molar-refractivity contribution in [1.82, 2.24) is 9.29 Å². The Kier molecular flexibility index (Phi) is 7.44. The summed E-state index contributed by atoms with van der Waals surface area (Å²) in [4.78, 5) is 4.67. The van der Waals surface area contributed by atoms with Crippen LogP contribution < -0.4 is 0 Å². The van der Waals surface area contributed by atoms with E-state index >= 15 is 0 Å². The van der Waals surface area contributed by atoms with E-state index < -0.39 is 51.5 Å². The van der Waals surface area contributed by atoms with Gasteiger partial charge in [0, 0.05) is 0 Å². The van der Waals surface area contributed by atoms with Gasteiger partial charge in [0.05, 0.1) is 0 Å². The Bertz CT molecular complexity index is 1330. The van der Waals surface area contributed by atoms with Gasteiger partial charge in [-0.2, -0.15) is 0 Å². The minimum absolute atomic E-state index is 0.0265. The van der Waals surface area contributed by atoms with Crippen LogP contribution in [0.3, 0.4) is 0 Å². The standard InChI is InChI=1S/C24H29F2IN2O4S2/c1-24(25,26)18-8-6-17(7-9-18)21-15-27(22-5-4-14-28-23(21)22)16-34(30,31)19-10-12-20(13-11-19)35(32,33)29(2)3/h4-5,10-15,17-18H,6-9,16H2,1-3H3. The summed E-state index contributed by atoms with van der Waals surface area (Å²) in [6, 6.07) is 9.07. The van der Waals surface area contributed by atoms with Crippen molar-refractivity contribution >= 4 is 45.3 Å². The molecule has 0 N–H and O–H groups in total. The van der Waals surface area contributed by atoms with Crippen molar-refractivity contribution in [1.29, 1.82) is 0 Å². The van der Waals surface area contributed by atoms with Gasteiger partial charge in [-0.15, -0.1) is 0 Å². The number of allylic oxidation sites excluding steroid dienone is 1. The Balaban J connectivity index is 1.57. The van der Waals surface area contributed by atoms with Crippen molar-refractivity contribution < 1.29 is 25.6 Å². The molecule has 2 heterocycles. The Morgan fingerprint density at radius 3 is 2.17 bits per heavy atom. The van der Waals surface area contributed by atoms with Gasteiger partial charge in [-0.1, -0.05) is 0 Å². The van der Waals surface area contributed by atoms with Crippen LogP contribution in [0.5, 0.6) is 0 Å². The fraction of sp³-hybridized carbons (Fsp3) is 0.458. The van der Waals surface area contributed by atoms with Crippen molar-refractivity contribution in [3.63, 3.8) is 0 Å². The number of hydrogen-bond donors (Lipinski definition) is 0. The fourth-order valence-corrected chi connectivity index (χ4v) is 15.6. The Morgan fingerprint density at radius 1 is 1.00 bits per heavy atom. The molecule has 2 aromatic rings. The number of sulfone groups is 1. The number of aromatic nitrogens is 1.